The summed E-state index contributed by atoms with van der Waals surface area (Å²) in [6, 6.07) is 21.0. The summed E-state index contributed by atoms with van der Waals surface area (Å²) in [5.74, 6) is 7.69. The summed E-state index contributed by atoms with van der Waals surface area (Å²) in [6.45, 7) is 2.70. The minimum atomic E-state index is -3.94. The minimum Gasteiger partial charge on any atom is -0.372 e. The van der Waals surface area contributed by atoms with Crippen LogP contribution in [0.3, 0.4) is 0 Å². The molecule has 37 heavy (non-hydrogen) atoms. The van der Waals surface area contributed by atoms with Crippen LogP contribution in [0.2, 0.25) is 0 Å². The molecule has 0 radical (unpaired) electrons. The molecular weight excluding hydrogens is 508 g/mol. The van der Waals surface area contributed by atoms with Crippen LogP contribution in [0.1, 0.15) is 16.7 Å². The summed E-state index contributed by atoms with van der Waals surface area (Å²) in [5, 5.41) is 11.4. The van der Waals surface area contributed by atoms with Gasteiger partial charge in [0.25, 0.3) is 0 Å². The van der Waals surface area contributed by atoms with Crippen LogP contribution in [0, 0.1) is 38.0 Å². The van der Waals surface area contributed by atoms with Crippen molar-refractivity contribution in [2.24, 2.45) is 0 Å². The minimum absolute atomic E-state index is 0.0471. The van der Waals surface area contributed by atoms with Crippen molar-refractivity contribution in [1.29, 1.82) is 0 Å². The van der Waals surface area contributed by atoms with Crippen LogP contribution in [0.25, 0.3) is 0 Å². The van der Waals surface area contributed by atoms with Gasteiger partial charge in [-0.2, -0.15) is 4.31 Å². The normalized spacial score (nSPS) is 13.3. The smallest absolute Gasteiger partial charge is 0.244 e. The summed E-state index contributed by atoms with van der Waals surface area (Å²) < 4.78 is 55.3. The SMILES string of the molecule is C#CCN(CC#CC(O)(CNS(=O)(=O)c1ccc(C)cc1)c1ccccc1)S(=O)(=O)c1ccc(C)cc1. The predicted molar refractivity (Wildman–Crippen MR) is 143 cm³/mol. The highest BCUT2D eigenvalue weighted by Gasteiger charge is 2.30. The fraction of sp³-hybridized carbons (Fsp3) is 0.214. The second-order valence-corrected chi connectivity index (χ2v) is 12.2. The summed E-state index contributed by atoms with van der Waals surface area (Å²) in [5.41, 5.74) is 0.221. The molecule has 9 heteroatoms. The van der Waals surface area contributed by atoms with E-state index in [1.54, 1.807) is 54.6 Å². The van der Waals surface area contributed by atoms with Crippen LogP contribution in [0.15, 0.2) is 88.7 Å². The Labute approximate surface area is 219 Å². The van der Waals surface area contributed by atoms with Gasteiger partial charge in [-0.15, -0.1) is 6.42 Å². The van der Waals surface area contributed by atoms with Gasteiger partial charge in [0.1, 0.15) is 0 Å². The molecule has 0 aromatic heterocycles. The van der Waals surface area contributed by atoms with Crippen molar-refractivity contribution in [3.8, 4) is 24.2 Å². The van der Waals surface area contributed by atoms with Gasteiger partial charge in [-0.05, 0) is 43.7 Å². The van der Waals surface area contributed by atoms with Gasteiger partial charge < -0.3 is 5.11 Å². The van der Waals surface area contributed by atoms with E-state index in [1.165, 1.54) is 24.3 Å². The van der Waals surface area contributed by atoms with Crippen molar-refractivity contribution in [3.05, 3.63) is 95.6 Å². The number of aryl methyl sites for hydroxylation is 2. The predicted octanol–water partition coefficient (Wildman–Crippen LogP) is 2.80. The lowest BCUT2D eigenvalue weighted by Crippen LogP contribution is -2.40. The van der Waals surface area contributed by atoms with Crippen molar-refractivity contribution in [1.82, 2.24) is 9.03 Å². The molecule has 3 rings (SSSR count). The number of aliphatic hydroxyl groups is 1. The molecule has 0 aliphatic heterocycles. The van der Waals surface area contributed by atoms with Gasteiger partial charge in [0.15, 0.2) is 5.60 Å². The molecule has 0 aliphatic rings. The lowest BCUT2D eigenvalue weighted by molar-refractivity contribution is 0.105. The quantitative estimate of drug-likeness (QED) is 0.410. The molecule has 1 atom stereocenters. The number of benzene rings is 3. The molecule has 0 bridgehead atoms. The zero-order valence-corrected chi connectivity index (χ0v) is 22.2. The van der Waals surface area contributed by atoms with Crippen LogP contribution < -0.4 is 4.72 Å². The van der Waals surface area contributed by atoms with E-state index in [4.69, 9.17) is 6.42 Å². The summed E-state index contributed by atoms with van der Waals surface area (Å²) in [7, 11) is -7.88. The monoisotopic (exact) mass is 536 g/mol. The first-order chi connectivity index (χ1) is 17.5. The Morgan fingerprint density at radius 3 is 1.92 bits per heavy atom. The van der Waals surface area contributed by atoms with E-state index in [0.717, 1.165) is 15.4 Å². The molecule has 1 unspecified atom stereocenters. The van der Waals surface area contributed by atoms with Gasteiger partial charge in [0.05, 0.1) is 29.4 Å². The molecule has 192 valence electrons. The number of hydrogen-bond donors (Lipinski definition) is 2. The number of nitrogens with one attached hydrogen (secondary N) is 1. The second kappa shape index (κ2) is 11.7. The number of sulfonamides is 2. The van der Waals surface area contributed by atoms with Crippen molar-refractivity contribution >= 4 is 20.0 Å². The zero-order valence-electron chi connectivity index (χ0n) is 20.5. The maximum atomic E-state index is 13.1. The van der Waals surface area contributed by atoms with E-state index >= 15 is 0 Å². The standard InChI is InChI=1S/C28H28N2O5S2/c1-4-20-30(37(34,35)27-17-13-24(3)14-18-27)21-8-19-28(31,25-9-6-5-7-10-25)22-29-36(32,33)26-15-11-23(2)12-16-26/h1,5-7,9-18,29,31H,20-22H2,2-3H3. The Morgan fingerprint density at radius 2 is 1.38 bits per heavy atom. The maximum Gasteiger partial charge on any atom is 0.244 e. The number of terminal acetylenes is 1. The molecule has 0 saturated carbocycles. The van der Waals surface area contributed by atoms with Crippen molar-refractivity contribution in [2.75, 3.05) is 19.6 Å². The van der Waals surface area contributed by atoms with E-state index in [0.29, 0.717) is 5.56 Å². The Bertz CT molecular complexity index is 1530. The number of nitrogens with zero attached hydrogens (tertiary/aromatic N) is 1. The van der Waals surface area contributed by atoms with E-state index < -0.39 is 32.2 Å². The van der Waals surface area contributed by atoms with E-state index in [9.17, 15) is 21.9 Å². The highest BCUT2D eigenvalue weighted by Crippen LogP contribution is 2.21. The van der Waals surface area contributed by atoms with Crippen molar-refractivity contribution < 1.29 is 21.9 Å². The average Bonchev–Trinajstić information content (AvgIpc) is 2.88. The second-order valence-electron chi connectivity index (χ2n) is 8.46. The average molecular weight is 537 g/mol. The van der Waals surface area contributed by atoms with Gasteiger partial charge in [-0.3, -0.25) is 0 Å². The van der Waals surface area contributed by atoms with Crippen LogP contribution in [0.5, 0.6) is 0 Å². The largest absolute Gasteiger partial charge is 0.372 e. The molecule has 2 N–H and O–H groups in total. The molecule has 0 fully saturated rings. The van der Waals surface area contributed by atoms with Crippen LogP contribution in [-0.2, 0) is 25.6 Å². The van der Waals surface area contributed by atoms with Crippen LogP contribution in [-0.4, -0.2) is 45.9 Å². The van der Waals surface area contributed by atoms with Gasteiger partial charge >= 0.3 is 0 Å². The third kappa shape index (κ3) is 7.07. The Morgan fingerprint density at radius 1 is 0.838 bits per heavy atom. The Hall–Kier alpha value is -3.44. The molecule has 0 saturated heterocycles. The van der Waals surface area contributed by atoms with Gasteiger partial charge in [0, 0.05) is 0 Å². The first-order valence-corrected chi connectivity index (χ1v) is 14.2. The van der Waals surface area contributed by atoms with Gasteiger partial charge in [0.2, 0.25) is 20.0 Å². The van der Waals surface area contributed by atoms with Crippen molar-refractivity contribution in [2.45, 2.75) is 29.2 Å². The molecule has 7 nitrogen and oxygen atoms in total. The molecule has 3 aromatic carbocycles. The maximum absolute atomic E-state index is 13.1. The summed E-state index contributed by atoms with van der Waals surface area (Å²) in [4.78, 5) is 0.116. The van der Waals surface area contributed by atoms with E-state index in [2.05, 4.69) is 22.5 Å². The molecule has 0 heterocycles. The molecule has 0 amide bonds. The molecule has 0 spiro atoms. The Balaban J connectivity index is 1.89. The molecular formula is C28H28N2O5S2. The highest BCUT2D eigenvalue weighted by molar-refractivity contribution is 7.89. The summed E-state index contributed by atoms with van der Waals surface area (Å²) >= 11 is 0. The van der Waals surface area contributed by atoms with Crippen LogP contribution >= 0.6 is 0 Å². The van der Waals surface area contributed by atoms with Crippen molar-refractivity contribution in [3.63, 3.8) is 0 Å². The third-order valence-electron chi connectivity index (χ3n) is 5.58. The lowest BCUT2D eigenvalue weighted by Gasteiger charge is -2.24. The number of hydrogen-bond acceptors (Lipinski definition) is 5. The fourth-order valence-electron chi connectivity index (χ4n) is 3.39. The van der Waals surface area contributed by atoms with Gasteiger partial charge in [-0.1, -0.05) is 83.5 Å². The fourth-order valence-corrected chi connectivity index (χ4v) is 5.71. The summed E-state index contributed by atoms with van der Waals surface area (Å²) in [6.07, 6.45) is 5.41. The molecule has 3 aromatic rings. The topological polar surface area (TPSA) is 104 Å². The first-order valence-electron chi connectivity index (χ1n) is 11.3. The van der Waals surface area contributed by atoms with Gasteiger partial charge in [-0.25, -0.2) is 21.6 Å². The Kier molecular flexibility index (Phi) is 8.93. The lowest BCUT2D eigenvalue weighted by atomic mass is 9.94. The van der Waals surface area contributed by atoms with E-state index in [1.807, 2.05) is 13.8 Å². The zero-order chi connectivity index (χ0) is 27.1. The third-order valence-corrected chi connectivity index (χ3v) is 8.80. The van der Waals surface area contributed by atoms with Crippen LogP contribution in [0.4, 0.5) is 0 Å². The highest BCUT2D eigenvalue weighted by atomic mass is 32.2. The van der Waals surface area contributed by atoms with E-state index in [-0.39, 0.29) is 22.9 Å². The number of rotatable bonds is 9. The first kappa shape index (κ1) is 28.1. The molecule has 0 aliphatic carbocycles.